The van der Waals surface area contributed by atoms with Gasteiger partial charge in [-0.15, -0.1) is 25.6 Å². The van der Waals surface area contributed by atoms with Crippen LogP contribution in [0.15, 0.2) is 24.3 Å². The number of ether oxygens (including phenoxy) is 1. The average molecular weight is 339 g/mol. The first kappa shape index (κ1) is 18.6. The van der Waals surface area contributed by atoms with E-state index >= 15 is 0 Å². The van der Waals surface area contributed by atoms with Crippen LogP contribution in [0.5, 0.6) is 5.75 Å². The van der Waals surface area contributed by atoms with Crippen LogP contribution < -0.4 is 15.4 Å². The topological polar surface area (TPSA) is 50.4 Å². The van der Waals surface area contributed by atoms with Gasteiger partial charge >= 0.3 is 6.36 Å². The van der Waals surface area contributed by atoms with Crippen LogP contribution in [0.25, 0.3) is 0 Å². The van der Waals surface area contributed by atoms with E-state index in [2.05, 4.69) is 15.4 Å². The van der Waals surface area contributed by atoms with Gasteiger partial charge in [-0.25, -0.2) is 0 Å². The highest BCUT2D eigenvalue weighted by Crippen LogP contribution is 2.26. The zero-order chi connectivity index (χ0) is 15.5. The van der Waals surface area contributed by atoms with Gasteiger partial charge in [0.15, 0.2) is 0 Å². The van der Waals surface area contributed by atoms with Crippen LogP contribution in [0.4, 0.5) is 13.2 Å². The summed E-state index contributed by atoms with van der Waals surface area (Å²) in [6.45, 7) is 3.42. The number of nitrogens with one attached hydrogen (secondary N) is 2. The summed E-state index contributed by atoms with van der Waals surface area (Å²) >= 11 is 0. The Balaban J connectivity index is 0.00000242. The van der Waals surface area contributed by atoms with Crippen LogP contribution in [0.2, 0.25) is 0 Å². The monoisotopic (exact) mass is 338 g/mol. The predicted octanol–water partition coefficient (Wildman–Crippen LogP) is 2.48. The summed E-state index contributed by atoms with van der Waals surface area (Å²) < 4.78 is 40.8. The molecule has 1 saturated heterocycles. The molecule has 0 spiro atoms. The molecule has 8 heteroatoms. The normalized spacial score (nSPS) is 16.2. The van der Waals surface area contributed by atoms with Gasteiger partial charge in [-0.3, -0.25) is 4.79 Å². The van der Waals surface area contributed by atoms with Crippen LogP contribution >= 0.6 is 12.4 Å². The van der Waals surface area contributed by atoms with E-state index in [-0.39, 0.29) is 42.4 Å². The molecule has 2 rings (SSSR count). The lowest BCUT2D eigenvalue weighted by Crippen LogP contribution is -2.49. The maximum atomic E-state index is 12.3. The number of hydrogen-bond donors (Lipinski definition) is 2. The molecule has 0 radical (unpaired) electrons. The lowest BCUT2D eigenvalue weighted by atomic mass is 9.88. The molecule has 0 saturated carbocycles. The van der Waals surface area contributed by atoms with E-state index in [1.807, 2.05) is 6.92 Å². The Bertz CT molecular complexity index is 507. The fourth-order valence-corrected chi connectivity index (χ4v) is 2.10. The van der Waals surface area contributed by atoms with Crippen LogP contribution in [-0.4, -0.2) is 25.4 Å². The van der Waals surface area contributed by atoms with Gasteiger partial charge in [-0.1, -0.05) is 25.1 Å². The zero-order valence-corrected chi connectivity index (χ0v) is 12.8. The van der Waals surface area contributed by atoms with E-state index in [0.29, 0.717) is 5.56 Å². The van der Waals surface area contributed by atoms with Crippen molar-refractivity contribution in [3.8, 4) is 5.75 Å². The van der Waals surface area contributed by atoms with Crippen molar-refractivity contribution in [2.45, 2.75) is 19.8 Å². The van der Waals surface area contributed by atoms with Crippen LogP contribution in [0, 0.1) is 11.8 Å². The third-order valence-electron chi connectivity index (χ3n) is 3.59. The van der Waals surface area contributed by atoms with Crippen molar-refractivity contribution >= 4 is 18.3 Å². The van der Waals surface area contributed by atoms with E-state index in [4.69, 9.17) is 0 Å². The summed E-state index contributed by atoms with van der Waals surface area (Å²) in [5.74, 6) is -0.333. The Morgan fingerprint density at radius 2 is 2.05 bits per heavy atom. The number of halogens is 4. The van der Waals surface area contributed by atoms with E-state index in [1.54, 1.807) is 6.07 Å². The molecule has 1 aromatic carbocycles. The molecule has 2 N–H and O–H groups in total. The highest BCUT2D eigenvalue weighted by atomic mass is 35.5. The largest absolute Gasteiger partial charge is 0.573 e. The second-order valence-electron chi connectivity index (χ2n) is 5.08. The first-order valence-electron chi connectivity index (χ1n) is 6.69. The van der Waals surface area contributed by atoms with Gasteiger partial charge in [0.25, 0.3) is 0 Å². The summed E-state index contributed by atoms with van der Waals surface area (Å²) in [4.78, 5) is 11.9. The van der Waals surface area contributed by atoms with Crippen molar-refractivity contribution in [3.63, 3.8) is 0 Å². The van der Waals surface area contributed by atoms with Gasteiger partial charge in [0.1, 0.15) is 5.75 Å². The molecule has 1 unspecified atom stereocenters. The smallest absolute Gasteiger partial charge is 0.405 e. The van der Waals surface area contributed by atoms with Crippen molar-refractivity contribution in [2.75, 3.05) is 13.1 Å². The third-order valence-corrected chi connectivity index (χ3v) is 3.59. The first-order chi connectivity index (χ1) is 9.87. The van der Waals surface area contributed by atoms with Gasteiger partial charge in [-0.05, 0) is 25.1 Å². The Hall–Kier alpha value is -1.47. The number of para-hydroxylation sites is 1. The highest BCUT2D eigenvalue weighted by molar-refractivity contribution is 5.85. The van der Waals surface area contributed by atoms with Gasteiger partial charge in [-0.2, -0.15) is 0 Å². The van der Waals surface area contributed by atoms with Gasteiger partial charge < -0.3 is 15.4 Å². The molecule has 1 aliphatic rings. The highest BCUT2D eigenvalue weighted by Gasteiger charge is 2.32. The van der Waals surface area contributed by atoms with Crippen molar-refractivity contribution < 1.29 is 22.7 Å². The van der Waals surface area contributed by atoms with E-state index < -0.39 is 6.36 Å². The standard InChI is InChI=1S/C14H17F3N2O2.ClH/c1-9(11-6-18-7-11)13(20)19-8-10-4-2-3-5-12(10)21-14(15,16)17;/h2-5,9,11,18H,6-8H2,1H3,(H,19,20);1H. The molecular weight excluding hydrogens is 321 g/mol. The van der Waals surface area contributed by atoms with Crippen molar-refractivity contribution in [3.05, 3.63) is 29.8 Å². The molecule has 1 amide bonds. The number of carbonyl (C=O) groups is 1. The minimum Gasteiger partial charge on any atom is -0.405 e. The van der Waals surface area contributed by atoms with E-state index in [9.17, 15) is 18.0 Å². The van der Waals surface area contributed by atoms with Gasteiger partial charge in [0.05, 0.1) is 0 Å². The molecule has 124 valence electrons. The Morgan fingerprint density at radius 1 is 1.41 bits per heavy atom. The van der Waals surface area contributed by atoms with Crippen LogP contribution in [-0.2, 0) is 11.3 Å². The van der Waals surface area contributed by atoms with E-state index in [0.717, 1.165) is 13.1 Å². The Morgan fingerprint density at radius 3 is 2.59 bits per heavy atom. The molecular formula is C14H18ClF3N2O2. The Labute approximate surface area is 132 Å². The van der Waals surface area contributed by atoms with E-state index in [1.165, 1.54) is 18.2 Å². The molecule has 1 aliphatic heterocycles. The van der Waals surface area contributed by atoms with Crippen molar-refractivity contribution in [1.82, 2.24) is 10.6 Å². The van der Waals surface area contributed by atoms with Gasteiger partial charge in [0, 0.05) is 18.0 Å². The quantitative estimate of drug-likeness (QED) is 0.867. The number of amides is 1. The zero-order valence-electron chi connectivity index (χ0n) is 11.9. The lowest BCUT2D eigenvalue weighted by molar-refractivity contribution is -0.274. The van der Waals surface area contributed by atoms with Gasteiger partial charge in [0.2, 0.25) is 5.91 Å². The summed E-state index contributed by atoms with van der Waals surface area (Å²) in [5, 5.41) is 5.74. The molecule has 0 aliphatic carbocycles. The maximum Gasteiger partial charge on any atom is 0.573 e. The SMILES string of the molecule is CC(C(=O)NCc1ccccc1OC(F)(F)F)C1CNC1.Cl. The van der Waals surface area contributed by atoms with Crippen LogP contribution in [0.3, 0.4) is 0 Å². The molecule has 1 fully saturated rings. The molecule has 22 heavy (non-hydrogen) atoms. The first-order valence-corrected chi connectivity index (χ1v) is 6.69. The second kappa shape index (κ2) is 7.69. The number of alkyl halides is 3. The molecule has 4 nitrogen and oxygen atoms in total. The maximum absolute atomic E-state index is 12.3. The minimum atomic E-state index is -4.75. The predicted molar refractivity (Wildman–Crippen MR) is 77.7 cm³/mol. The number of rotatable bonds is 5. The second-order valence-corrected chi connectivity index (χ2v) is 5.08. The Kier molecular flexibility index (Phi) is 6.49. The van der Waals surface area contributed by atoms with Crippen LogP contribution in [0.1, 0.15) is 12.5 Å². The molecule has 1 atom stereocenters. The third kappa shape index (κ3) is 5.06. The summed E-state index contributed by atoms with van der Waals surface area (Å²) in [5.41, 5.74) is 0.294. The van der Waals surface area contributed by atoms with Crippen molar-refractivity contribution in [1.29, 1.82) is 0 Å². The summed E-state index contributed by atoms with van der Waals surface area (Å²) in [7, 11) is 0. The molecule has 1 aromatic rings. The fraction of sp³-hybridized carbons (Fsp3) is 0.500. The summed E-state index contributed by atoms with van der Waals surface area (Å²) in [6, 6.07) is 5.78. The fourth-order valence-electron chi connectivity index (χ4n) is 2.10. The minimum absolute atomic E-state index is 0. The average Bonchev–Trinajstić information content (AvgIpc) is 2.33. The number of benzene rings is 1. The molecule has 0 aromatic heterocycles. The molecule has 0 bridgehead atoms. The number of carbonyl (C=O) groups excluding carboxylic acids is 1. The molecule has 1 heterocycles. The summed E-state index contributed by atoms with van der Waals surface area (Å²) in [6.07, 6.45) is -4.75. The number of hydrogen-bond acceptors (Lipinski definition) is 3. The lowest BCUT2D eigenvalue weighted by Gasteiger charge is -2.31. The van der Waals surface area contributed by atoms with Crippen molar-refractivity contribution in [2.24, 2.45) is 11.8 Å².